The van der Waals surface area contributed by atoms with Crippen molar-refractivity contribution in [2.24, 2.45) is 11.8 Å². The molecule has 13 heavy (non-hydrogen) atoms. The van der Waals surface area contributed by atoms with Gasteiger partial charge in [0.1, 0.15) is 0 Å². The standard InChI is InChI=1S/C11H25NO/c1-5-6-12-8-10(2)7-11(3)9-13-4/h10-12H,5-9H2,1-4H3. The van der Waals surface area contributed by atoms with Crippen molar-refractivity contribution in [3.8, 4) is 0 Å². The predicted octanol–water partition coefficient (Wildman–Crippen LogP) is 2.29. The zero-order valence-electron chi connectivity index (χ0n) is 9.60. The van der Waals surface area contributed by atoms with E-state index < -0.39 is 0 Å². The van der Waals surface area contributed by atoms with Gasteiger partial charge in [-0.15, -0.1) is 0 Å². The molecule has 0 aliphatic heterocycles. The second-order valence-electron chi connectivity index (χ2n) is 4.11. The summed E-state index contributed by atoms with van der Waals surface area (Å²) in [5.41, 5.74) is 0. The average molecular weight is 187 g/mol. The zero-order chi connectivity index (χ0) is 10.1. The van der Waals surface area contributed by atoms with E-state index in [1.807, 2.05) is 0 Å². The number of nitrogens with one attached hydrogen (secondary N) is 1. The fourth-order valence-corrected chi connectivity index (χ4v) is 1.65. The number of rotatable bonds is 8. The molecule has 0 amide bonds. The van der Waals surface area contributed by atoms with Gasteiger partial charge in [0, 0.05) is 13.7 Å². The van der Waals surface area contributed by atoms with E-state index in [4.69, 9.17) is 4.74 Å². The van der Waals surface area contributed by atoms with Crippen LogP contribution < -0.4 is 5.32 Å². The molecule has 0 rings (SSSR count). The third kappa shape index (κ3) is 8.26. The summed E-state index contributed by atoms with van der Waals surface area (Å²) in [6, 6.07) is 0. The number of ether oxygens (including phenoxy) is 1. The zero-order valence-corrected chi connectivity index (χ0v) is 9.60. The highest BCUT2D eigenvalue weighted by Gasteiger charge is 2.07. The molecule has 0 aromatic rings. The highest BCUT2D eigenvalue weighted by atomic mass is 16.5. The lowest BCUT2D eigenvalue weighted by molar-refractivity contribution is 0.147. The molecular weight excluding hydrogens is 162 g/mol. The largest absolute Gasteiger partial charge is 0.384 e. The SMILES string of the molecule is CCCNCC(C)CC(C)COC. The Morgan fingerprint density at radius 2 is 1.92 bits per heavy atom. The Bertz CT molecular complexity index is 106. The van der Waals surface area contributed by atoms with E-state index in [0.717, 1.165) is 25.6 Å². The molecular formula is C11H25NO. The highest BCUT2D eigenvalue weighted by Crippen LogP contribution is 2.10. The Kier molecular flexibility index (Phi) is 8.46. The van der Waals surface area contributed by atoms with Gasteiger partial charge < -0.3 is 10.1 Å². The van der Waals surface area contributed by atoms with Gasteiger partial charge in [0.25, 0.3) is 0 Å². The van der Waals surface area contributed by atoms with Gasteiger partial charge >= 0.3 is 0 Å². The molecule has 2 nitrogen and oxygen atoms in total. The van der Waals surface area contributed by atoms with Crippen LogP contribution >= 0.6 is 0 Å². The first-order valence-electron chi connectivity index (χ1n) is 5.40. The highest BCUT2D eigenvalue weighted by molar-refractivity contribution is 4.61. The maximum absolute atomic E-state index is 5.11. The van der Waals surface area contributed by atoms with Crippen LogP contribution in [0.15, 0.2) is 0 Å². The first-order chi connectivity index (χ1) is 6.20. The lowest BCUT2D eigenvalue weighted by Crippen LogP contribution is -2.23. The lowest BCUT2D eigenvalue weighted by Gasteiger charge is -2.16. The fourth-order valence-electron chi connectivity index (χ4n) is 1.65. The summed E-state index contributed by atoms with van der Waals surface area (Å²) >= 11 is 0. The molecule has 0 heterocycles. The molecule has 2 atom stereocenters. The maximum Gasteiger partial charge on any atom is 0.0487 e. The van der Waals surface area contributed by atoms with E-state index in [0.29, 0.717) is 5.92 Å². The Hall–Kier alpha value is -0.0800. The van der Waals surface area contributed by atoms with Gasteiger partial charge in [-0.05, 0) is 37.8 Å². The van der Waals surface area contributed by atoms with Gasteiger partial charge in [0.2, 0.25) is 0 Å². The normalized spacial score (nSPS) is 15.7. The molecule has 2 unspecified atom stereocenters. The molecule has 0 spiro atoms. The van der Waals surface area contributed by atoms with Crippen LogP contribution in [0.1, 0.15) is 33.6 Å². The molecule has 0 aromatic carbocycles. The molecule has 2 heteroatoms. The Morgan fingerprint density at radius 1 is 1.23 bits per heavy atom. The monoisotopic (exact) mass is 187 g/mol. The molecule has 0 fully saturated rings. The second kappa shape index (κ2) is 8.52. The Labute approximate surface area is 83.1 Å². The third-order valence-corrected chi connectivity index (χ3v) is 2.18. The summed E-state index contributed by atoms with van der Waals surface area (Å²) in [6.07, 6.45) is 2.48. The van der Waals surface area contributed by atoms with Crippen molar-refractivity contribution in [3.05, 3.63) is 0 Å². The predicted molar refractivity (Wildman–Crippen MR) is 58.0 cm³/mol. The van der Waals surface area contributed by atoms with Crippen LogP contribution in [0, 0.1) is 11.8 Å². The first kappa shape index (κ1) is 12.9. The Balaban J connectivity index is 3.32. The van der Waals surface area contributed by atoms with E-state index in [1.54, 1.807) is 7.11 Å². The molecule has 0 aliphatic rings. The Morgan fingerprint density at radius 3 is 2.46 bits per heavy atom. The van der Waals surface area contributed by atoms with Crippen molar-refractivity contribution >= 4 is 0 Å². The van der Waals surface area contributed by atoms with Crippen molar-refractivity contribution in [2.45, 2.75) is 33.6 Å². The van der Waals surface area contributed by atoms with E-state index in [9.17, 15) is 0 Å². The second-order valence-corrected chi connectivity index (χ2v) is 4.11. The number of hydrogen-bond donors (Lipinski definition) is 1. The molecule has 0 aromatic heterocycles. The van der Waals surface area contributed by atoms with Gasteiger partial charge in [-0.1, -0.05) is 20.8 Å². The summed E-state index contributed by atoms with van der Waals surface area (Å²) in [6.45, 7) is 9.92. The summed E-state index contributed by atoms with van der Waals surface area (Å²) in [4.78, 5) is 0. The number of hydrogen-bond acceptors (Lipinski definition) is 2. The molecule has 0 saturated heterocycles. The van der Waals surface area contributed by atoms with Crippen molar-refractivity contribution < 1.29 is 4.74 Å². The average Bonchev–Trinajstić information content (AvgIpc) is 2.05. The quantitative estimate of drug-likeness (QED) is 0.589. The minimum atomic E-state index is 0.684. The van der Waals surface area contributed by atoms with Crippen LogP contribution in [0.5, 0.6) is 0 Å². The van der Waals surface area contributed by atoms with Crippen molar-refractivity contribution in [1.82, 2.24) is 5.32 Å². The van der Waals surface area contributed by atoms with Crippen LogP contribution in [-0.2, 0) is 4.74 Å². The molecule has 0 radical (unpaired) electrons. The first-order valence-corrected chi connectivity index (χ1v) is 5.40. The van der Waals surface area contributed by atoms with Crippen LogP contribution in [0.4, 0.5) is 0 Å². The molecule has 0 bridgehead atoms. The van der Waals surface area contributed by atoms with E-state index in [-0.39, 0.29) is 0 Å². The van der Waals surface area contributed by atoms with Gasteiger partial charge in [-0.25, -0.2) is 0 Å². The summed E-state index contributed by atoms with van der Waals surface area (Å²) < 4.78 is 5.11. The lowest BCUT2D eigenvalue weighted by atomic mass is 9.98. The fraction of sp³-hybridized carbons (Fsp3) is 1.00. The van der Waals surface area contributed by atoms with Crippen molar-refractivity contribution in [3.63, 3.8) is 0 Å². The minimum Gasteiger partial charge on any atom is -0.384 e. The summed E-state index contributed by atoms with van der Waals surface area (Å²) in [7, 11) is 1.77. The van der Waals surface area contributed by atoms with Gasteiger partial charge in [-0.3, -0.25) is 0 Å². The molecule has 80 valence electrons. The molecule has 1 N–H and O–H groups in total. The van der Waals surface area contributed by atoms with Gasteiger partial charge in [-0.2, -0.15) is 0 Å². The summed E-state index contributed by atoms with van der Waals surface area (Å²) in [5.74, 6) is 1.44. The van der Waals surface area contributed by atoms with Crippen molar-refractivity contribution in [2.75, 3.05) is 26.8 Å². The van der Waals surface area contributed by atoms with E-state index in [2.05, 4.69) is 26.1 Å². The van der Waals surface area contributed by atoms with E-state index in [1.165, 1.54) is 12.8 Å². The van der Waals surface area contributed by atoms with Gasteiger partial charge in [0.15, 0.2) is 0 Å². The van der Waals surface area contributed by atoms with Crippen molar-refractivity contribution in [1.29, 1.82) is 0 Å². The molecule has 0 saturated carbocycles. The summed E-state index contributed by atoms with van der Waals surface area (Å²) in [5, 5.41) is 3.44. The van der Waals surface area contributed by atoms with Crippen LogP contribution in [-0.4, -0.2) is 26.8 Å². The van der Waals surface area contributed by atoms with E-state index >= 15 is 0 Å². The maximum atomic E-state index is 5.11. The van der Waals surface area contributed by atoms with Crippen LogP contribution in [0.3, 0.4) is 0 Å². The third-order valence-electron chi connectivity index (χ3n) is 2.18. The van der Waals surface area contributed by atoms with Gasteiger partial charge in [0.05, 0.1) is 0 Å². The van der Waals surface area contributed by atoms with Crippen LogP contribution in [0.25, 0.3) is 0 Å². The topological polar surface area (TPSA) is 21.3 Å². The van der Waals surface area contributed by atoms with Crippen LogP contribution in [0.2, 0.25) is 0 Å². The molecule has 0 aliphatic carbocycles. The smallest absolute Gasteiger partial charge is 0.0487 e. The number of methoxy groups -OCH3 is 1. The minimum absolute atomic E-state index is 0.684.